The average Bonchev–Trinajstić information content (AvgIpc) is 1.70. The quantitative estimate of drug-likeness (QED) is 0.627. The number of hydrogen-bond donors (Lipinski definition) is 0. The second-order valence-electron chi connectivity index (χ2n) is 0.492. The van der Waals surface area contributed by atoms with Crippen LogP contribution in [0, 0.1) is 22.7 Å². The van der Waals surface area contributed by atoms with Crippen molar-refractivity contribution in [2.24, 2.45) is 0 Å². The van der Waals surface area contributed by atoms with Crippen LogP contribution in [0.3, 0.4) is 0 Å². The van der Waals surface area contributed by atoms with Gasteiger partial charge in [-0.1, -0.05) is 0 Å². The molecule has 5 heteroatoms. The molecule has 0 aliphatic carbocycles. The number of nitriles is 2. The Labute approximate surface area is 71.5 Å². The molecule has 0 saturated heterocycles. The van der Waals surface area contributed by atoms with Crippen molar-refractivity contribution in [1.29, 1.82) is 10.5 Å². The zero-order valence-electron chi connectivity index (χ0n) is 4.97. The van der Waals surface area contributed by atoms with Crippen LogP contribution < -0.4 is 0 Å². The fourth-order valence-electron chi connectivity index (χ4n) is 0. The molecular weight excluding hydrogens is 253 g/mol. The van der Waals surface area contributed by atoms with E-state index in [0.717, 1.165) is 0 Å². The zero-order valence-corrected chi connectivity index (χ0v) is 8.03. The molecule has 9 heavy (non-hydrogen) atoms. The molecule has 0 atom stereocenters. The van der Waals surface area contributed by atoms with Crippen molar-refractivity contribution in [1.82, 2.24) is 0 Å². The summed E-state index contributed by atoms with van der Waals surface area (Å²) in [5, 5.41) is 14.6. The van der Waals surface area contributed by atoms with Crippen LogP contribution in [0.15, 0.2) is 0 Å². The summed E-state index contributed by atoms with van der Waals surface area (Å²) >= 11 is -0.106. The van der Waals surface area contributed by atoms with Gasteiger partial charge in [0.2, 0.25) is 0 Å². The van der Waals surface area contributed by atoms with Gasteiger partial charge in [0.1, 0.15) is 0 Å². The van der Waals surface area contributed by atoms with Crippen LogP contribution in [0.5, 0.6) is 0 Å². The predicted molar refractivity (Wildman–Crippen MR) is 34.3 cm³/mol. The molecule has 0 aromatic rings. The third kappa shape index (κ3) is 6440. The van der Waals surface area contributed by atoms with Crippen molar-refractivity contribution in [3.63, 3.8) is 0 Å². The molecule has 2 nitrogen and oxygen atoms in total. The van der Waals surface area contributed by atoms with Gasteiger partial charge < -0.3 is 0 Å². The van der Waals surface area contributed by atoms with Crippen molar-refractivity contribution < 1.29 is 15.9 Å². The topological polar surface area (TPSA) is 47.6 Å². The van der Waals surface area contributed by atoms with Crippen LogP contribution in [-0.2, 0) is 15.9 Å². The van der Waals surface area contributed by atoms with Crippen molar-refractivity contribution >= 4 is 19.1 Å². The summed E-state index contributed by atoms with van der Waals surface area (Å²) in [5.41, 5.74) is 0. The van der Waals surface area contributed by atoms with E-state index in [0.29, 0.717) is 0 Å². The fourth-order valence-corrected chi connectivity index (χ4v) is 0. The molecule has 0 rings (SSSR count). The average molecular weight is 259 g/mol. The van der Waals surface area contributed by atoms with Crippen LogP contribution >= 0.6 is 19.1 Å². The summed E-state index contributed by atoms with van der Waals surface area (Å²) in [6, 6.07) is 3.50. The molecule has 0 fully saturated rings. The Bertz CT molecular complexity index is 81.7. The molecule has 0 spiro atoms. The van der Waals surface area contributed by atoms with Gasteiger partial charge in [0.15, 0.2) is 0 Å². The van der Waals surface area contributed by atoms with Crippen LogP contribution in [0.4, 0.5) is 0 Å². The Balaban J connectivity index is -0.0000000600. The van der Waals surface area contributed by atoms with Crippen LogP contribution in [0.25, 0.3) is 0 Å². The van der Waals surface area contributed by atoms with E-state index in [2.05, 4.69) is 0 Å². The van der Waals surface area contributed by atoms with Gasteiger partial charge in [0, 0.05) is 13.8 Å². The number of nitrogens with zero attached hydrogens (tertiary/aromatic N) is 2. The fraction of sp³-hybridized carbons (Fsp3) is 0.500. The van der Waals surface area contributed by atoms with E-state index in [-0.39, 0.29) is 15.9 Å². The van der Waals surface area contributed by atoms with Gasteiger partial charge in [0.05, 0.1) is 12.1 Å². The third-order valence-corrected chi connectivity index (χ3v) is 0. The normalized spacial score (nSPS) is 4.22. The van der Waals surface area contributed by atoms with E-state index in [1.54, 1.807) is 12.1 Å². The molecule has 0 amide bonds. The molecule has 0 aromatic heterocycles. The molecule has 0 bridgehead atoms. The second-order valence-corrected chi connectivity index (χ2v) is 2.85. The van der Waals surface area contributed by atoms with Gasteiger partial charge in [0.25, 0.3) is 0 Å². The molecule has 0 heterocycles. The maximum absolute atomic E-state index is 7.32. The zero-order chi connectivity index (χ0) is 8.12. The first-order chi connectivity index (χ1) is 4.24. The Morgan fingerprint density at radius 2 is 1.11 bits per heavy atom. The molecule has 0 N–H and O–H groups in total. The summed E-state index contributed by atoms with van der Waals surface area (Å²) in [4.78, 5) is 0. The molecule has 0 aromatic carbocycles. The van der Waals surface area contributed by atoms with E-state index in [1.807, 2.05) is 0 Å². The summed E-state index contributed by atoms with van der Waals surface area (Å²) in [6.07, 6.45) is 0. The minimum atomic E-state index is -0.106. The second kappa shape index (κ2) is 41.3. The van der Waals surface area contributed by atoms with Crippen LogP contribution in [0.1, 0.15) is 13.8 Å². The number of halogens is 2. The maximum atomic E-state index is 7.32. The minimum absolute atomic E-state index is 0.106. The van der Waals surface area contributed by atoms with Gasteiger partial charge >= 0.3 is 35.0 Å². The van der Waals surface area contributed by atoms with Gasteiger partial charge in [-0.15, -0.1) is 0 Å². The molecule has 0 aliphatic rings. The van der Waals surface area contributed by atoms with Crippen molar-refractivity contribution in [3.8, 4) is 12.1 Å². The standard InChI is InChI=1S/2C2H3N.2ClH.Pd/c2*1-2-3;;;/h2*1H3;2*1H;/p-2. The number of rotatable bonds is 0. The van der Waals surface area contributed by atoms with Gasteiger partial charge in [-0.3, -0.25) is 0 Å². The predicted octanol–water partition coefficient (Wildman–Crippen LogP) is 2.44. The first kappa shape index (κ1) is 16.1. The van der Waals surface area contributed by atoms with Crippen molar-refractivity contribution in [2.45, 2.75) is 13.8 Å². The van der Waals surface area contributed by atoms with E-state index in [4.69, 9.17) is 29.6 Å². The Hall–Kier alpha value is 0.222. The van der Waals surface area contributed by atoms with E-state index in [1.165, 1.54) is 13.8 Å². The summed E-state index contributed by atoms with van der Waals surface area (Å²) in [6.45, 7) is 2.86. The summed E-state index contributed by atoms with van der Waals surface area (Å²) in [5.74, 6) is 0. The van der Waals surface area contributed by atoms with Gasteiger partial charge in [-0.25, -0.2) is 0 Å². The monoisotopic (exact) mass is 258 g/mol. The Kier molecular flexibility index (Phi) is 73.9. The summed E-state index contributed by atoms with van der Waals surface area (Å²) < 4.78 is 0. The van der Waals surface area contributed by atoms with Crippen molar-refractivity contribution in [3.05, 3.63) is 0 Å². The molecule has 0 saturated carbocycles. The van der Waals surface area contributed by atoms with Crippen LogP contribution in [-0.4, -0.2) is 0 Å². The van der Waals surface area contributed by atoms with Gasteiger partial charge in [-0.05, 0) is 0 Å². The third-order valence-electron chi connectivity index (χ3n) is 0. The Morgan fingerprint density at radius 1 is 1.11 bits per heavy atom. The molecule has 58 valence electrons. The Morgan fingerprint density at radius 3 is 1.11 bits per heavy atom. The molecular formula is C4H6Cl2N2Pd-2. The summed E-state index contributed by atoms with van der Waals surface area (Å²) in [7, 11) is 9.63. The van der Waals surface area contributed by atoms with Crippen LogP contribution in [0.2, 0.25) is 0 Å². The SMILES string of the molecule is CC#N.CC#N.[Cl][Pd-2][Cl]. The first-order valence-corrected chi connectivity index (χ1v) is 5.69. The van der Waals surface area contributed by atoms with Gasteiger partial charge in [-0.2, -0.15) is 10.5 Å². The molecule has 0 aliphatic heterocycles. The van der Waals surface area contributed by atoms with Crippen molar-refractivity contribution in [2.75, 3.05) is 0 Å². The van der Waals surface area contributed by atoms with E-state index in [9.17, 15) is 0 Å². The molecule has 0 radical (unpaired) electrons. The van der Waals surface area contributed by atoms with E-state index < -0.39 is 0 Å². The number of hydrogen-bond acceptors (Lipinski definition) is 2. The first-order valence-electron chi connectivity index (χ1n) is 1.69. The molecule has 0 unspecified atom stereocenters. The van der Waals surface area contributed by atoms with E-state index >= 15 is 0 Å².